The minimum absolute atomic E-state index is 0.158. The lowest BCUT2D eigenvalue weighted by atomic mass is 9.87. The maximum Gasteiger partial charge on any atom is 0.237 e. The number of amides is 1. The highest BCUT2D eigenvalue weighted by Crippen LogP contribution is 2.47. The Morgan fingerprint density at radius 3 is 2.61 bits per heavy atom. The van der Waals surface area contributed by atoms with E-state index >= 15 is 0 Å². The molecule has 0 radical (unpaired) electrons. The number of anilines is 1. The van der Waals surface area contributed by atoms with E-state index in [1.165, 1.54) is 22.4 Å². The number of likely N-dealkylation sites (N-methyl/N-ethyl adjacent to an activating group) is 1. The number of aryl methyl sites for hydroxylation is 2. The first kappa shape index (κ1) is 18.9. The maximum atomic E-state index is 13.0. The summed E-state index contributed by atoms with van der Waals surface area (Å²) in [6.45, 7) is 7.59. The lowest BCUT2D eigenvalue weighted by molar-refractivity contribution is -0.133. The molecule has 2 saturated heterocycles. The van der Waals surface area contributed by atoms with Gasteiger partial charge in [0.1, 0.15) is 0 Å². The summed E-state index contributed by atoms with van der Waals surface area (Å²) in [5, 5.41) is 0. The number of carbonyl (C=O) groups excluding carboxylic acids is 1. The van der Waals surface area contributed by atoms with Crippen LogP contribution in [0.1, 0.15) is 22.7 Å². The van der Waals surface area contributed by atoms with Gasteiger partial charge in [0.2, 0.25) is 5.91 Å². The average Bonchev–Trinajstić information content (AvgIpc) is 3.20. The molecule has 4 rings (SSSR count). The van der Waals surface area contributed by atoms with E-state index in [1.54, 1.807) is 0 Å². The van der Waals surface area contributed by atoms with Gasteiger partial charge < -0.3 is 14.7 Å². The highest BCUT2D eigenvalue weighted by Gasteiger charge is 2.49. The van der Waals surface area contributed by atoms with Gasteiger partial charge in [-0.15, -0.1) is 0 Å². The number of rotatable bonds is 4. The average molecular weight is 379 g/mol. The minimum atomic E-state index is 0.158. The number of pyridine rings is 1. The Kier molecular flexibility index (Phi) is 5.11. The fourth-order valence-electron chi connectivity index (χ4n) is 5.00. The number of hydrogen-bond acceptors (Lipinski definition) is 4. The molecule has 2 aromatic rings. The van der Waals surface area contributed by atoms with Crippen molar-refractivity contribution in [2.45, 2.75) is 19.9 Å². The summed E-state index contributed by atoms with van der Waals surface area (Å²) in [4.78, 5) is 23.9. The Bertz CT molecular complexity index is 865. The molecule has 1 amide bonds. The molecule has 3 heterocycles. The van der Waals surface area contributed by atoms with Crippen molar-refractivity contribution in [1.82, 2.24) is 14.8 Å². The highest BCUT2D eigenvalue weighted by molar-refractivity contribution is 5.79. The molecule has 1 aromatic heterocycles. The van der Waals surface area contributed by atoms with E-state index in [1.807, 2.05) is 31.4 Å². The second-order valence-corrected chi connectivity index (χ2v) is 8.58. The second-order valence-electron chi connectivity index (χ2n) is 8.58. The number of fused-ring (bicyclic) bond motifs is 1. The minimum Gasteiger partial charge on any atom is -0.370 e. The largest absolute Gasteiger partial charge is 0.370 e. The van der Waals surface area contributed by atoms with Gasteiger partial charge in [0.15, 0.2) is 0 Å². The second kappa shape index (κ2) is 7.55. The first-order valence-electron chi connectivity index (χ1n) is 10.1. The van der Waals surface area contributed by atoms with Crippen LogP contribution in [0.2, 0.25) is 0 Å². The quantitative estimate of drug-likeness (QED) is 0.820. The van der Waals surface area contributed by atoms with Crippen LogP contribution in [-0.2, 0) is 4.79 Å². The summed E-state index contributed by atoms with van der Waals surface area (Å²) in [7, 11) is 3.93. The van der Waals surface area contributed by atoms with Gasteiger partial charge in [-0.2, -0.15) is 0 Å². The molecule has 1 aromatic carbocycles. The van der Waals surface area contributed by atoms with E-state index in [4.69, 9.17) is 0 Å². The van der Waals surface area contributed by atoms with Crippen molar-refractivity contribution in [2.75, 3.05) is 45.2 Å². The highest BCUT2D eigenvalue weighted by atomic mass is 16.2. The number of nitrogens with zero attached hydrogens (tertiary/aromatic N) is 4. The fourth-order valence-corrected chi connectivity index (χ4v) is 5.00. The normalized spacial score (nSPS) is 24.1. The molecule has 3 atom stereocenters. The molecule has 0 saturated carbocycles. The van der Waals surface area contributed by atoms with E-state index in [-0.39, 0.29) is 11.9 Å². The SMILES string of the molecule is Cc1ccccc1[C@H]1[C@@H]2CN(c3ccncc3C)C[C@@H]2CN1C(=O)CN(C)C. The van der Waals surface area contributed by atoms with E-state index in [9.17, 15) is 4.79 Å². The molecule has 148 valence electrons. The summed E-state index contributed by atoms with van der Waals surface area (Å²) in [6, 6.07) is 10.8. The summed E-state index contributed by atoms with van der Waals surface area (Å²) < 4.78 is 0. The first-order valence-corrected chi connectivity index (χ1v) is 10.1. The van der Waals surface area contributed by atoms with Crippen LogP contribution in [0, 0.1) is 25.7 Å². The molecule has 2 fully saturated rings. The van der Waals surface area contributed by atoms with Crippen molar-refractivity contribution in [1.29, 1.82) is 0 Å². The number of likely N-dealkylation sites (tertiary alicyclic amines) is 1. The van der Waals surface area contributed by atoms with E-state index in [2.05, 4.69) is 59.0 Å². The zero-order valence-corrected chi connectivity index (χ0v) is 17.3. The number of hydrogen-bond donors (Lipinski definition) is 0. The van der Waals surface area contributed by atoms with Gasteiger partial charge in [-0.25, -0.2) is 0 Å². The fraction of sp³-hybridized carbons (Fsp3) is 0.478. The van der Waals surface area contributed by atoms with Gasteiger partial charge in [0, 0.05) is 49.6 Å². The summed E-state index contributed by atoms with van der Waals surface area (Å²) >= 11 is 0. The van der Waals surface area contributed by atoms with Gasteiger partial charge in [0.05, 0.1) is 12.6 Å². The maximum absolute atomic E-state index is 13.0. The monoisotopic (exact) mass is 378 g/mol. The van der Waals surface area contributed by atoms with Crippen molar-refractivity contribution in [3.8, 4) is 0 Å². The van der Waals surface area contributed by atoms with Crippen LogP contribution in [0.25, 0.3) is 0 Å². The van der Waals surface area contributed by atoms with Crippen molar-refractivity contribution in [3.05, 3.63) is 59.4 Å². The lowest BCUT2D eigenvalue weighted by Gasteiger charge is -2.32. The van der Waals surface area contributed by atoms with E-state index in [0.29, 0.717) is 18.4 Å². The third-order valence-electron chi connectivity index (χ3n) is 6.27. The Hall–Kier alpha value is -2.40. The van der Waals surface area contributed by atoms with Gasteiger partial charge in [-0.1, -0.05) is 24.3 Å². The molecule has 0 aliphatic carbocycles. The Morgan fingerprint density at radius 2 is 1.89 bits per heavy atom. The van der Waals surface area contributed by atoms with Gasteiger partial charge in [0.25, 0.3) is 0 Å². The third kappa shape index (κ3) is 3.39. The smallest absolute Gasteiger partial charge is 0.237 e. The van der Waals surface area contributed by atoms with Crippen LogP contribution in [0.4, 0.5) is 5.69 Å². The molecule has 2 aliphatic heterocycles. The van der Waals surface area contributed by atoms with Crippen LogP contribution < -0.4 is 4.90 Å². The van der Waals surface area contributed by atoms with Gasteiger partial charge >= 0.3 is 0 Å². The molecule has 2 aliphatic rings. The number of aromatic nitrogens is 1. The summed E-state index contributed by atoms with van der Waals surface area (Å²) in [5.74, 6) is 1.20. The van der Waals surface area contributed by atoms with E-state index in [0.717, 1.165) is 19.6 Å². The zero-order valence-electron chi connectivity index (χ0n) is 17.3. The number of benzene rings is 1. The predicted molar refractivity (Wildman–Crippen MR) is 112 cm³/mol. The number of carbonyl (C=O) groups is 1. The molecular formula is C23H30N4O. The molecule has 28 heavy (non-hydrogen) atoms. The standard InChI is InChI=1S/C23H30N4O/c1-16-7-5-6-8-19(16)23-20-14-26(21-9-10-24-11-17(21)2)12-18(20)13-27(23)22(28)15-25(3)4/h5-11,18,20,23H,12-15H2,1-4H3/t18-,20-,23+/m1/s1. The van der Waals surface area contributed by atoms with Crippen molar-refractivity contribution in [3.63, 3.8) is 0 Å². The molecule has 0 unspecified atom stereocenters. The van der Waals surface area contributed by atoms with Crippen molar-refractivity contribution < 1.29 is 4.79 Å². The van der Waals surface area contributed by atoms with Gasteiger partial charge in [-0.05, 0) is 50.7 Å². The van der Waals surface area contributed by atoms with Crippen molar-refractivity contribution in [2.24, 2.45) is 11.8 Å². The van der Waals surface area contributed by atoms with E-state index < -0.39 is 0 Å². The molecule has 0 bridgehead atoms. The summed E-state index contributed by atoms with van der Waals surface area (Å²) in [6.07, 6.45) is 3.82. The van der Waals surface area contributed by atoms with Crippen LogP contribution in [-0.4, -0.2) is 61.0 Å². The van der Waals surface area contributed by atoms with Crippen LogP contribution in [0.15, 0.2) is 42.7 Å². The van der Waals surface area contributed by atoms with Gasteiger partial charge in [-0.3, -0.25) is 9.78 Å². The topological polar surface area (TPSA) is 39.7 Å². The Labute approximate surface area is 168 Å². The molecule has 5 nitrogen and oxygen atoms in total. The molecule has 0 N–H and O–H groups in total. The lowest BCUT2D eigenvalue weighted by Crippen LogP contribution is -2.40. The molecule has 5 heteroatoms. The van der Waals surface area contributed by atoms with Crippen LogP contribution in [0.5, 0.6) is 0 Å². The molecular weight excluding hydrogens is 348 g/mol. The zero-order chi connectivity index (χ0) is 19.8. The summed E-state index contributed by atoms with van der Waals surface area (Å²) in [5.41, 5.74) is 5.07. The molecule has 0 spiro atoms. The Morgan fingerprint density at radius 1 is 1.11 bits per heavy atom. The first-order chi connectivity index (χ1) is 13.5. The van der Waals surface area contributed by atoms with Crippen LogP contribution >= 0.6 is 0 Å². The third-order valence-corrected chi connectivity index (χ3v) is 6.27. The Balaban J connectivity index is 1.65. The predicted octanol–water partition coefficient (Wildman–Crippen LogP) is 2.90. The van der Waals surface area contributed by atoms with Crippen molar-refractivity contribution >= 4 is 11.6 Å². The van der Waals surface area contributed by atoms with Crippen LogP contribution in [0.3, 0.4) is 0 Å².